The average molecular weight is 340 g/mol. The quantitative estimate of drug-likeness (QED) is 0.508. The van der Waals surface area contributed by atoms with Gasteiger partial charge in [0.1, 0.15) is 16.7 Å². The lowest BCUT2D eigenvalue weighted by Crippen LogP contribution is -2.14. The standard InChI is InChI=1S/C13H11BrFN3S/c14-11-2-1-5-18-13(11)19-7-8-3-4-9(15)6-10(8)12(16)17/h1-6H,7H2,(H3,16,17). The molecular formula is C13H11BrFN3S. The Hall–Kier alpha value is -1.40. The van der Waals surface area contributed by atoms with Gasteiger partial charge in [-0.1, -0.05) is 6.07 Å². The molecule has 0 unspecified atom stereocenters. The third kappa shape index (κ3) is 3.54. The molecule has 1 aromatic carbocycles. The molecule has 0 saturated heterocycles. The van der Waals surface area contributed by atoms with Crippen LogP contribution in [0.2, 0.25) is 0 Å². The van der Waals surface area contributed by atoms with E-state index in [-0.39, 0.29) is 5.84 Å². The van der Waals surface area contributed by atoms with Gasteiger partial charge >= 0.3 is 0 Å². The SMILES string of the molecule is N=C(N)c1cc(F)ccc1CSc1ncccc1Br. The van der Waals surface area contributed by atoms with Gasteiger partial charge in [-0.25, -0.2) is 9.37 Å². The minimum atomic E-state index is -0.391. The molecule has 0 saturated carbocycles. The van der Waals surface area contributed by atoms with Crippen LogP contribution in [0.25, 0.3) is 0 Å². The van der Waals surface area contributed by atoms with Crippen LogP contribution >= 0.6 is 27.7 Å². The lowest BCUT2D eigenvalue weighted by molar-refractivity contribution is 0.627. The van der Waals surface area contributed by atoms with Gasteiger partial charge in [-0.15, -0.1) is 11.8 Å². The van der Waals surface area contributed by atoms with E-state index in [4.69, 9.17) is 11.1 Å². The molecule has 2 rings (SSSR count). The summed E-state index contributed by atoms with van der Waals surface area (Å²) in [6, 6.07) is 8.05. The number of amidine groups is 1. The highest BCUT2D eigenvalue weighted by molar-refractivity contribution is 9.10. The van der Waals surface area contributed by atoms with Gasteiger partial charge in [-0.05, 0) is 45.8 Å². The molecule has 0 spiro atoms. The van der Waals surface area contributed by atoms with Crippen molar-refractivity contribution >= 4 is 33.5 Å². The van der Waals surface area contributed by atoms with Crippen LogP contribution < -0.4 is 5.73 Å². The van der Waals surface area contributed by atoms with Crippen molar-refractivity contribution in [3.05, 3.63) is 57.9 Å². The van der Waals surface area contributed by atoms with Crippen molar-refractivity contribution in [1.29, 1.82) is 5.41 Å². The molecule has 0 amide bonds. The van der Waals surface area contributed by atoms with Crippen LogP contribution in [-0.2, 0) is 5.75 Å². The molecule has 1 aromatic heterocycles. The highest BCUT2D eigenvalue weighted by Crippen LogP contribution is 2.28. The Balaban J connectivity index is 2.20. The van der Waals surface area contributed by atoms with E-state index < -0.39 is 5.82 Å². The second-order valence-corrected chi connectivity index (χ2v) is 5.61. The second kappa shape index (κ2) is 6.16. The molecule has 3 N–H and O–H groups in total. The Morgan fingerprint density at radius 3 is 2.89 bits per heavy atom. The van der Waals surface area contributed by atoms with Gasteiger partial charge in [-0.2, -0.15) is 0 Å². The minimum Gasteiger partial charge on any atom is -0.384 e. The van der Waals surface area contributed by atoms with Crippen molar-refractivity contribution in [2.75, 3.05) is 0 Å². The van der Waals surface area contributed by atoms with Crippen LogP contribution in [0.3, 0.4) is 0 Å². The van der Waals surface area contributed by atoms with Crippen molar-refractivity contribution in [2.24, 2.45) is 5.73 Å². The van der Waals surface area contributed by atoms with E-state index in [2.05, 4.69) is 20.9 Å². The number of hydrogen-bond acceptors (Lipinski definition) is 3. The number of halogens is 2. The number of nitrogens with two attached hydrogens (primary N) is 1. The first kappa shape index (κ1) is 14.0. The summed E-state index contributed by atoms with van der Waals surface area (Å²) in [4.78, 5) is 4.24. The van der Waals surface area contributed by atoms with E-state index in [0.717, 1.165) is 15.1 Å². The Bertz CT molecular complexity index is 619. The number of thioether (sulfide) groups is 1. The topological polar surface area (TPSA) is 62.8 Å². The molecular weight excluding hydrogens is 329 g/mol. The van der Waals surface area contributed by atoms with Crippen LogP contribution in [-0.4, -0.2) is 10.8 Å². The molecule has 2 aromatic rings. The number of benzene rings is 1. The number of nitrogen functional groups attached to an aromatic ring is 1. The normalized spacial score (nSPS) is 10.4. The van der Waals surface area contributed by atoms with Crippen LogP contribution in [0.15, 0.2) is 46.0 Å². The van der Waals surface area contributed by atoms with Crippen molar-refractivity contribution in [1.82, 2.24) is 4.98 Å². The smallest absolute Gasteiger partial charge is 0.123 e. The van der Waals surface area contributed by atoms with E-state index >= 15 is 0 Å². The largest absolute Gasteiger partial charge is 0.384 e. The maximum atomic E-state index is 13.2. The maximum Gasteiger partial charge on any atom is 0.123 e. The molecule has 98 valence electrons. The highest BCUT2D eigenvalue weighted by Gasteiger charge is 2.09. The van der Waals surface area contributed by atoms with Gasteiger partial charge in [0.25, 0.3) is 0 Å². The summed E-state index contributed by atoms with van der Waals surface area (Å²) >= 11 is 4.92. The predicted molar refractivity (Wildman–Crippen MR) is 78.9 cm³/mol. The molecule has 3 nitrogen and oxygen atoms in total. The van der Waals surface area contributed by atoms with Gasteiger partial charge in [0.2, 0.25) is 0 Å². The van der Waals surface area contributed by atoms with Gasteiger partial charge in [0.15, 0.2) is 0 Å². The first-order valence-electron chi connectivity index (χ1n) is 5.44. The van der Waals surface area contributed by atoms with Gasteiger partial charge < -0.3 is 5.73 Å². The first-order valence-corrected chi connectivity index (χ1v) is 7.22. The number of pyridine rings is 1. The number of nitrogens with zero attached hydrogens (tertiary/aromatic N) is 1. The van der Waals surface area contributed by atoms with E-state index in [1.807, 2.05) is 12.1 Å². The third-order valence-electron chi connectivity index (χ3n) is 2.45. The van der Waals surface area contributed by atoms with Gasteiger partial charge in [0, 0.05) is 22.0 Å². The Labute approximate surface area is 123 Å². The van der Waals surface area contributed by atoms with Crippen molar-refractivity contribution in [2.45, 2.75) is 10.8 Å². The summed E-state index contributed by atoms with van der Waals surface area (Å²) in [5, 5.41) is 8.32. The summed E-state index contributed by atoms with van der Waals surface area (Å²) in [7, 11) is 0. The van der Waals surface area contributed by atoms with E-state index in [0.29, 0.717) is 11.3 Å². The van der Waals surface area contributed by atoms with E-state index in [1.165, 1.54) is 23.9 Å². The lowest BCUT2D eigenvalue weighted by atomic mass is 10.1. The second-order valence-electron chi connectivity index (χ2n) is 3.79. The monoisotopic (exact) mass is 339 g/mol. The summed E-state index contributed by atoms with van der Waals surface area (Å²) in [5.74, 6) is 0.0540. The molecule has 0 radical (unpaired) electrons. The zero-order valence-electron chi connectivity index (χ0n) is 9.86. The molecule has 1 heterocycles. The molecule has 19 heavy (non-hydrogen) atoms. The summed E-state index contributed by atoms with van der Waals surface area (Å²) < 4.78 is 14.1. The number of aromatic nitrogens is 1. The highest BCUT2D eigenvalue weighted by atomic mass is 79.9. The van der Waals surface area contributed by atoms with Crippen LogP contribution in [0, 0.1) is 11.2 Å². The molecule has 0 atom stereocenters. The van der Waals surface area contributed by atoms with Gasteiger partial charge in [0.05, 0.1) is 0 Å². The molecule has 0 fully saturated rings. The predicted octanol–water partition coefficient (Wildman–Crippen LogP) is 3.56. The van der Waals surface area contributed by atoms with E-state index in [1.54, 1.807) is 12.3 Å². The third-order valence-corrected chi connectivity index (χ3v) is 4.41. The fourth-order valence-corrected chi connectivity index (χ4v) is 3.03. The first-order chi connectivity index (χ1) is 9.08. The molecule has 0 aliphatic rings. The number of rotatable bonds is 4. The maximum absolute atomic E-state index is 13.2. The van der Waals surface area contributed by atoms with Crippen molar-refractivity contribution in [3.63, 3.8) is 0 Å². The average Bonchev–Trinajstić information content (AvgIpc) is 2.38. The van der Waals surface area contributed by atoms with Crippen molar-refractivity contribution in [3.8, 4) is 0 Å². The minimum absolute atomic E-state index is 0.129. The van der Waals surface area contributed by atoms with Crippen molar-refractivity contribution < 1.29 is 4.39 Å². The number of nitrogens with one attached hydrogen (secondary N) is 1. The zero-order valence-corrected chi connectivity index (χ0v) is 12.3. The molecule has 0 bridgehead atoms. The van der Waals surface area contributed by atoms with E-state index in [9.17, 15) is 4.39 Å². The summed E-state index contributed by atoms with van der Waals surface area (Å²) in [6.45, 7) is 0. The molecule has 0 aliphatic heterocycles. The van der Waals surface area contributed by atoms with Gasteiger partial charge in [-0.3, -0.25) is 5.41 Å². The molecule has 0 aliphatic carbocycles. The lowest BCUT2D eigenvalue weighted by Gasteiger charge is -2.08. The van der Waals surface area contributed by atoms with Crippen LogP contribution in [0.5, 0.6) is 0 Å². The number of hydrogen-bond donors (Lipinski definition) is 2. The summed E-state index contributed by atoms with van der Waals surface area (Å²) in [6.07, 6.45) is 1.71. The zero-order chi connectivity index (χ0) is 13.8. The summed E-state index contributed by atoms with van der Waals surface area (Å²) in [5.41, 5.74) is 6.71. The Morgan fingerprint density at radius 2 is 2.21 bits per heavy atom. The fourth-order valence-electron chi connectivity index (χ4n) is 1.55. The Kier molecular flexibility index (Phi) is 4.55. The van der Waals surface area contributed by atoms with Crippen LogP contribution in [0.4, 0.5) is 4.39 Å². The fraction of sp³-hybridized carbons (Fsp3) is 0.0769. The molecule has 6 heteroatoms. The van der Waals surface area contributed by atoms with Crippen LogP contribution in [0.1, 0.15) is 11.1 Å². The Morgan fingerprint density at radius 1 is 1.42 bits per heavy atom.